The van der Waals surface area contributed by atoms with Crippen LogP contribution >= 0.6 is 11.6 Å². The number of benzene rings is 1. The van der Waals surface area contributed by atoms with Crippen molar-refractivity contribution in [3.05, 3.63) is 34.6 Å². The Kier molecular flexibility index (Phi) is 6.22. The monoisotopic (exact) mass is 376 g/mol. The van der Waals surface area contributed by atoms with Crippen LogP contribution in [0.1, 0.15) is 25.3 Å². The number of rotatable bonds is 5. The van der Waals surface area contributed by atoms with Crippen LogP contribution in [0.5, 0.6) is 0 Å². The van der Waals surface area contributed by atoms with Gasteiger partial charge in [0.1, 0.15) is 5.82 Å². The number of nitrogens with zero attached hydrogens (tertiary/aromatic N) is 2. The summed E-state index contributed by atoms with van der Waals surface area (Å²) in [4.78, 5) is 14.0. The molecule has 0 atom stereocenters. The first kappa shape index (κ1) is 19.1. The minimum absolute atomic E-state index is 0.0668. The van der Waals surface area contributed by atoms with Crippen LogP contribution in [0.2, 0.25) is 5.02 Å². The van der Waals surface area contributed by atoms with Gasteiger partial charge in [0.25, 0.3) is 0 Å². The second kappa shape index (κ2) is 7.80. The fraction of sp³-hybridized carbons (Fsp3) is 0.562. The smallest absolute Gasteiger partial charge is 0.225 e. The third kappa shape index (κ3) is 4.26. The summed E-state index contributed by atoms with van der Waals surface area (Å²) < 4.78 is 39.0. The quantitative estimate of drug-likeness (QED) is 0.793. The summed E-state index contributed by atoms with van der Waals surface area (Å²) in [5.74, 6) is -0.727. The molecule has 1 aromatic rings. The summed E-state index contributed by atoms with van der Waals surface area (Å²) in [6.45, 7) is 2.40. The molecule has 0 aliphatic carbocycles. The molecular formula is C16H22ClFN2O3S. The molecule has 2 rings (SSSR count). The molecule has 24 heavy (non-hydrogen) atoms. The van der Waals surface area contributed by atoms with E-state index in [2.05, 4.69) is 0 Å². The van der Waals surface area contributed by atoms with Crippen LogP contribution in [0.4, 0.5) is 4.39 Å². The largest absolute Gasteiger partial charge is 0.341 e. The molecule has 1 aromatic carbocycles. The topological polar surface area (TPSA) is 57.7 Å². The van der Waals surface area contributed by atoms with Crippen molar-refractivity contribution in [1.82, 2.24) is 9.21 Å². The minimum atomic E-state index is -3.21. The van der Waals surface area contributed by atoms with E-state index in [1.54, 1.807) is 20.0 Å². The van der Waals surface area contributed by atoms with Gasteiger partial charge in [-0.25, -0.2) is 17.1 Å². The van der Waals surface area contributed by atoms with Crippen LogP contribution in [-0.2, 0) is 21.4 Å². The van der Waals surface area contributed by atoms with E-state index >= 15 is 0 Å². The Morgan fingerprint density at radius 1 is 1.38 bits per heavy atom. The molecule has 1 amide bonds. The van der Waals surface area contributed by atoms with Crippen LogP contribution in [0, 0.1) is 11.7 Å². The summed E-state index contributed by atoms with van der Waals surface area (Å²) in [6, 6.07) is 4.42. The highest BCUT2D eigenvalue weighted by atomic mass is 35.5. The maximum atomic E-state index is 13.8. The molecule has 8 heteroatoms. The maximum absolute atomic E-state index is 13.8. The maximum Gasteiger partial charge on any atom is 0.225 e. The van der Waals surface area contributed by atoms with Crippen molar-refractivity contribution in [2.24, 2.45) is 5.92 Å². The number of halogens is 2. The predicted molar refractivity (Wildman–Crippen MR) is 91.6 cm³/mol. The van der Waals surface area contributed by atoms with E-state index < -0.39 is 15.8 Å². The van der Waals surface area contributed by atoms with Crippen LogP contribution < -0.4 is 0 Å². The molecule has 1 fully saturated rings. The average Bonchev–Trinajstić information content (AvgIpc) is 2.57. The summed E-state index contributed by atoms with van der Waals surface area (Å²) >= 11 is 6.00. The van der Waals surface area contributed by atoms with Gasteiger partial charge in [0.05, 0.1) is 5.75 Å². The normalized spacial score (nSPS) is 17.0. The van der Waals surface area contributed by atoms with Crippen LogP contribution in [0.25, 0.3) is 0 Å². The molecule has 1 aliphatic rings. The fourth-order valence-corrected chi connectivity index (χ4v) is 4.23. The zero-order valence-electron chi connectivity index (χ0n) is 13.8. The third-order valence-electron chi connectivity index (χ3n) is 4.39. The highest BCUT2D eigenvalue weighted by Crippen LogP contribution is 2.24. The Morgan fingerprint density at radius 2 is 2.00 bits per heavy atom. The summed E-state index contributed by atoms with van der Waals surface area (Å²) in [5.41, 5.74) is 0.293. The molecule has 134 valence electrons. The zero-order valence-corrected chi connectivity index (χ0v) is 15.4. The van der Waals surface area contributed by atoms with Gasteiger partial charge in [-0.15, -0.1) is 0 Å². The molecule has 0 aromatic heterocycles. The number of sulfonamides is 1. The molecular weight excluding hydrogens is 355 g/mol. The lowest BCUT2D eigenvalue weighted by Gasteiger charge is -2.32. The molecule has 0 saturated carbocycles. The number of carbonyl (C=O) groups is 1. The molecule has 0 bridgehead atoms. The van der Waals surface area contributed by atoms with Crippen LogP contribution in [-0.4, -0.2) is 49.4 Å². The van der Waals surface area contributed by atoms with E-state index in [-0.39, 0.29) is 24.1 Å². The molecule has 0 spiro atoms. The first-order valence-corrected chi connectivity index (χ1v) is 9.90. The fourth-order valence-electron chi connectivity index (χ4n) is 2.87. The molecule has 0 unspecified atom stereocenters. The molecule has 1 aliphatic heterocycles. The van der Waals surface area contributed by atoms with Gasteiger partial charge in [-0.1, -0.05) is 17.7 Å². The Labute approximate surface area is 147 Å². The summed E-state index contributed by atoms with van der Waals surface area (Å²) in [6.07, 6.45) is 0.959. The van der Waals surface area contributed by atoms with Crippen molar-refractivity contribution in [3.63, 3.8) is 0 Å². The van der Waals surface area contributed by atoms with E-state index in [9.17, 15) is 17.6 Å². The van der Waals surface area contributed by atoms with Crippen molar-refractivity contribution < 1.29 is 17.6 Å². The number of amides is 1. The standard InChI is InChI=1S/C16H22ClFN2O3S/c1-3-24(22,23)20-9-7-12(8-10-20)16(21)19(2)11-13-14(17)5-4-6-15(13)18/h4-6,12H,3,7-11H2,1-2H3. The highest BCUT2D eigenvalue weighted by Gasteiger charge is 2.31. The number of hydrogen-bond donors (Lipinski definition) is 0. The van der Waals surface area contributed by atoms with Crippen molar-refractivity contribution in [3.8, 4) is 0 Å². The van der Waals surface area contributed by atoms with E-state index in [1.807, 2.05) is 0 Å². The Hall–Kier alpha value is -1.18. The Bertz CT molecular complexity index is 683. The zero-order chi connectivity index (χ0) is 17.9. The summed E-state index contributed by atoms with van der Waals surface area (Å²) in [7, 11) is -1.60. The highest BCUT2D eigenvalue weighted by molar-refractivity contribution is 7.89. The molecule has 0 N–H and O–H groups in total. The predicted octanol–water partition coefficient (Wildman–Crippen LogP) is 2.50. The van der Waals surface area contributed by atoms with Gasteiger partial charge in [0.15, 0.2) is 0 Å². The first-order valence-electron chi connectivity index (χ1n) is 7.92. The van der Waals surface area contributed by atoms with Crippen LogP contribution in [0.3, 0.4) is 0 Å². The van der Waals surface area contributed by atoms with Gasteiger partial charge in [0.2, 0.25) is 15.9 Å². The number of carbonyl (C=O) groups excluding carboxylic acids is 1. The average molecular weight is 377 g/mol. The first-order chi connectivity index (χ1) is 11.3. The second-order valence-electron chi connectivity index (χ2n) is 5.97. The van der Waals surface area contributed by atoms with Crippen molar-refractivity contribution in [2.45, 2.75) is 26.3 Å². The lowest BCUT2D eigenvalue weighted by Crippen LogP contribution is -2.43. The Balaban J connectivity index is 1.98. The molecule has 1 saturated heterocycles. The van der Waals surface area contributed by atoms with Crippen molar-refractivity contribution in [2.75, 3.05) is 25.9 Å². The molecule has 1 heterocycles. The van der Waals surface area contributed by atoms with E-state index in [4.69, 9.17) is 11.6 Å². The molecule has 5 nitrogen and oxygen atoms in total. The van der Waals surface area contributed by atoms with Gasteiger partial charge in [-0.3, -0.25) is 4.79 Å². The van der Waals surface area contributed by atoms with Gasteiger partial charge < -0.3 is 4.90 Å². The lowest BCUT2D eigenvalue weighted by molar-refractivity contribution is -0.135. The second-order valence-corrected chi connectivity index (χ2v) is 8.63. The third-order valence-corrected chi connectivity index (χ3v) is 6.63. The van der Waals surface area contributed by atoms with Crippen molar-refractivity contribution >= 4 is 27.5 Å². The van der Waals surface area contributed by atoms with Crippen LogP contribution in [0.15, 0.2) is 18.2 Å². The number of hydrogen-bond acceptors (Lipinski definition) is 3. The van der Waals surface area contributed by atoms with E-state index in [0.29, 0.717) is 36.5 Å². The Morgan fingerprint density at radius 3 is 2.54 bits per heavy atom. The van der Waals surface area contributed by atoms with E-state index in [1.165, 1.54) is 21.3 Å². The molecule has 0 radical (unpaired) electrons. The van der Waals surface area contributed by atoms with Gasteiger partial charge >= 0.3 is 0 Å². The van der Waals surface area contributed by atoms with E-state index in [0.717, 1.165) is 0 Å². The van der Waals surface area contributed by atoms with Gasteiger partial charge in [-0.05, 0) is 31.9 Å². The van der Waals surface area contributed by atoms with Gasteiger partial charge in [-0.2, -0.15) is 0 Å². The lowest BCUT2D eigenvalue weighted by atomic mass is 9.96. The number of piperidine rings is 1. The SMILES string of the molecule is CCS(=O)(=O)N1CCC(C(=O)N(C)Cc2c(F)cccc2Cl)CC1. The van der Waals surface area contributed by atoms with Crippen molar-refractivity contribution in [1.29, 1.82) is 0 Å². The van der Waals surface area contributed by atoms with Gasteiger partial charge in [0, 0.05) is 43.2 Å². The minimum Gasteiger partial charge on any atom is -0.341 e. The summed E-state index contributed by atoms with van der Waals surface area (Å²) in [5, 5.41) is 0.290.